The highest BCUT2D eigenvalue weighted by Crippen LogP contribution is 2.27. The topological polar surface area (TPSA) is 69.7 Å². The molecule has 0 spiro atoms. The Kier molecular flexibility index (Phi) is 6.81. The van der Waals surface area contributed by atoms with Gasteiger partial charge in [-0.3, -0.25) is 14.4 Å². The van der Waals surface area contributed by atoms with Crippen molar-refractivity contribution in [1.29, 1.82) is 0 Å². The number of nitrogens with one attached hydrogen (secondary N) is 1. The van der Waals surface area contributed by atoms with Crippen molar-refractivity contribution < 1.29 is 14.4 Å². The van der Waals surface area contributed by atoms with Crippen LogP contribution in [0.1, 0.15) is 26.7 Å². The Hall–Kier alpha value is -1.89. The minimum absolute atomic E-state index is 0.0809. The number of halogens is 1. The maximum atomic E-state index is 12.7. The molecule has 1 aromatic carbocycles. The number of hydrogen-bond donors (Lipinski definition) is 1. The summed E-state index contributed by atoms with van der Waals surface area (Å²) < 4.78 is 0.879. The molecule has 2 atom stereocenters. The SMILES string of the molecule is CC(C)C[C@@H](NC(=O)[C@H]1CC(=O)N(c2cccc(Br)c2)C1)C(=O)N(C)C. The molecule has 2 rings (SSSR count). The second-order valence-electron chi connectivity index (χ2n) is 7.31. The summed E-state index contributed by atoms with van der Waals surface area (Å²) in [6, 6.07) is 6.88. The van der Waals surface area contributed by atoms with Crippen LogP contribution in [0.5, 0.6) is 0 Å². The van der Waals surface area contributed by atoms with E-state index < -0.39 is 12.0 Å². The lowest BCUT2D eigenvalue weighted by Gasteiger charge is -2.24. The third-order valence-electron chi connectivity index (χ3n) is 4.38. The standard InChI is InChI=1S/C19H26BrN3O3/c1-12(2)8-16(19(26)22(3)4)21-18(25)13-9-17(24)23(11-13)15-7-5-6-14(20)10-15/h5-7,10,12-13,16H,8-9,11H2,1-4H3,(H,21,25)/t13-,16+/m0/s1. The van der Waals surface area contributed by atoms with Gasteiger partial charge in [-0.15, -0.1) is 0 Å². The first-order valence-corrected chi connectivity index (χ1v) is 9.55. The summed E-state index contributed by atoms with van der Waals surface area (Å²) in [5.41, 5.74) is 0.766. The monoisotopic (exact) mass is 423 g/mol. The number of rotatable bonds is 6. The number of hydrogen-bond acceptors (Lipinski definition) is 3. The maximum Gasteiger partial charge on any atom is 0.244 e. The van der Waals surface area contributed by atoms with Gasteiger partial charge in [0, 0.05) is 37.2 Å². The second-order valence-corrected chi connectivity index (χ2v) is 8.22. The fourth-order valence-electron chi connectivity index (χ4n) is 3.07. The van der Waals surface area contributed by atoms with Crippen LogP contribution in [0.4, 0.5) is 5.69 Å². The molecule has 142 valence electrons. The zero-order valence-electron chi connectivity index (χ0n) is 15.7. The Morgan fingerprint density at radius 2 is 2.04 bits per heavy atom. The van der Waals surface area contributed by atoms with E-state index in [1.54, 1.807) is 19.0 Å². The van der Waals surface area contributed by atoms with E-state index in [0.29, 0.717) is 13.0 Å². The lowest BCUT2D eigenvalue weighted by atomic mass is 10.0. The van der Waals surface area contributed by atoms with Crippen molar-refractivity contribution in [3.63, 3.8) is 0 Å². The predicted octanol–water partition coefficient (Wildman–Crippen LogP) is 2.42. The summed E-state index contributed by atoms with van der Waals surface area (Å²) in [6.45, 7) is 4.35. The fourth-order valence-corrected chi connectivity index (χ4v) is 3.46. The fraction of sp³-hybridized carbons (Fsp3) is 0.526. The van der Waals surface area contributed by atoms with E-state index in [2.05, 4.69) is 21.2 Å². The summed E-state index contributed by atoms with van der Waals surface area (Å²) in [5, 5.41) is 2.86. The molecule has 26 heavy (non-hydrogen) atoms. The Balaban J connectivity index is 2.07. The van der Waals surface area contributed by atoms with E-state index >= 15 is 0 Å². The molecule has 1 aliphatic heterocycles. The van der Waals surface area contributed by atoms with Gasteiger partial charge in [-0.1, -0.05) is 35.8 Å². The molecule has 1 N–H and O–H groups in total. The van der Waals surface area contributed by atoms with Gasteiger partial charge < -0.3 is 15.1 Å². The van der Waals surface area contributed by atoms with Crippen LogP contribution in [0.15, 0.2) is 28.7 Å². The van der Waals surface area contributed by atoms with Gasteiger partial charge in [0.2, 0.25) is 17.7 Å². The molecular formula is C19H26BrN3O3. The minimum atomic E-state index is -0.562. The average molecular weight is 424 g/mol. The number of likely N-dealkylation sites (N-methyl/N-ethyl adjacent to an activating group) is 1. The van der Waals surface area contributed by atoms with E-state index in [9.17, 15) is 14.4 Å². The first kappa shape index (κ1) is 20.4. The molecule has 1 aromatic rings. The van der Waals surface area contributed by atoms with Crippen LogP contribution in [-0.2, 0) is 14.4 Å². The van der Waals surface area contributed by atoms with Gasteiger partial charge in [-0.2, -0.15) is 0 Å². The normalized spacial score (nSPS) is 18.2. The summed E-state index contributed by atoms with van der Waals surface area (Å²) in [6.07, 6.45) is 0.724. The molecule has 0 aromatic heterocycles. The average Bonchev–Trinajstić information content (AvgIpc) is 2.95. The van der Waals surface area contributed by atoms with Crippen molar-refractivity contribution >= 4 is 39.3 Å². The zero-order valence-corrected chi connectivity index (χ0v) is 17.2. The molecule has 0 radical (unpaired) electrons. The number of anilines is 1. The lowest BCUT2D eigenvalue weighted by Crippen LogP contribution is -2.49. The van der Waals surface area contributed by atoms with Crippen molar-refractivity contribution in [2.45, 2.75) is 32.7 Å². The van der Waals surface area contributed by atoms with Gasteiger partial charge in [-0.25, -0.2) is 0 Å². The van der Waals surface area contributed by atoms with E-state index in [0.717, 1.165) is 10.2 Å². The molecule has 0 bridgehead atoms. The smallest absolute Gasteiger partial charge is 0.244 e. The van der Waals surface area contributed by atoms with Crippen LogP contribution in [0.25, 0.3) is 0 Å². The lowest BCUT2D eigenvalue weighted by molar-refractivity contribution is -0.136. The number of carbonyl (C=O) groups excluding carboxylic acids is 3. The summed E-state index contributed by atoms with van der Waals surface area (Å²) in [7, 11) is 3.35. The number of carbonyl (C=O) groups is 3. The van der Waals surface area contributed by atoms with Gasteiger partial charge in [0.05, 0.1) is 5.92 Å². The van der Waals surface area contributed by atoms with Crippen LogP contribution in [0.2, 0.25) is 0 Å². The predicted molar refractivity (Wildman–Crippen MR) is 105 cm³/mol. The summed E-state index contributed by atoms with van der Waals surface area (Å²) >= 11 is 3.40. The molecular weight excluding hydrogens is 398 g/mol. The van der Waals surface area contributed by atoms with Crippen molar-refractivity contribution in [2.75, 3.05) is 25.5 Å². The molecule has 3 amide bonds. The van der Waals surface area contributed by atoms with Crippen LogP contribution < -0.4 is 10.2 Å². The molecule has 1 heterocycles. The van der Waals surface area contributed by atoms with E-state index in [-0.39, 0.29) is 30.1 Å². The number of amides is 3. The van der Waals surface area contributed by atoms with Gasteiger partial charge in [0.25, 0.3) is 0 Å². The first-order valence-electron chi connectivity index (χ1n) is 8.76. The van der Waals surface area contributed by atoms with Crippen LogP contribution in [0.3, 0.4) is 0 Å². The molecule has 6 nitrogen and oxygen atoms in total. The van der Waals surface area contributed by atoms with Crippen molar-refractivity contribution in [3.8, 4) is 0 Å². The molecule has 1 saturated heterocycles. The Morgan fingerprint density at radius 3 is 2.62 bits per heavy atom. The van der Waals surface area contributed by atoms with Crippen molar-refractivity contribution in [2.24, 2.45) is 11.8 Å². The molecule has 1 aliphatic rings. The number of nitrogens with zero attached hydrogens (tertiary/aromatic N) is 2. The quantitative estimate of drug-likeness (QED) is 0.763. The van der Waals surface area contributed by atoms with Crippen LogP contribution in [0, 0.1) is 11.8 Å². The van der Waals surface area contributed by atoms with Crippen LogP contribution in [-0.4, -0.2) is 49.3 Å². The highest BCUT2D eigenvalue weighted by Gasteiger charge is 2.36. The third kappa shape index (κ3) is 5.06. The van der Waals surface area contributed by atoms with Gasteiger partial charge in [0.1, 0.15) is 6.04 Å². The zero-order chi connectivity index (χ0) is 19.4. The molecule has 1 fully saturated rings. The largest absolute Gasteiger partial charge is 0.347 e. The van der Waals surface area contributed by atoms with Crippen molar-refractivity contribution in [1.82, 2.24) is 10.2 Å². The Morgan fingerprint density at radius 1 is 1.35 bits per heavy atom. The third-order valence-corrected chi connectivity index (χ3v) is 4.87. The minimum Gasteiger partial charge on any atom is -0.347 e. The first-order chi connectivity index (χ1) is 12.2. The Labute approximate surface area is 163 Å². The Bertz CT molecular complexity index is 690. The highest BCUT2D eigenvalue weighted by molar-refractivity contribution is 9.10. The van der Waals surface area contributed by atoms with E-state index in [4.69, 9.17) is 0 Å². The second kappa shape index (κ2) is 8.66. The summed E-state index contributed by atoms with van der Waals surface area (Å²) in [5.74, 6) is -0.627. The van der Waals surface area contributed by atoms with E-state index in [1.807, 2.05) is 38.1 Å². The van der Waals surface area contributed by atoms with Crippen LogP contribution >= 0.6 is 15.9 Å². The van der Waals surface area contributed by atoms with E-state index in [1.165, 1.54) is 4.90 Å². The van der Waals surface area contributed by atoms with Gasteiger partial charge in [0.15, 0.2) is 0 Å². The molecule has 0 saturated carbocycles. The highest BCUT2D eigenvalue weighted by atomic mass is 79.9. The molecule has 0 unspecified atom stereocenters. The molecule has 7 heteroatoms. The summed E-state index contributed by atoms with van der Waals surface area (Å²) in [4.78, 5) is 40.5. The maximum absolute atomic E-state index is 12.7. The van der Waals surface area contributed by atoms with Gasteiger partial charge in [-0.05, 0) is 30.5 Å². The molecule has 0 aliphatic carbocycles. The van der Waals surface area contributed by atoms with Crippen molar-refractivity contribution in [3.05, 3.63) is 28.7 Å². The van der Waals surface area contributed by atoms with Gasteiger partial charge >= 0.3 is 0 Å². The number of benzene rings is 1.